The molecule has 1 N–H and O–H groups in total. The molecule has 1 rings (SSSR count). The summed E-state index contributed by atoms with van der Waals surface area (Å²) in [6, 6.07) is 0.275. The highest BCUT2D eigenvalue weighted by Crippen LogP contribution is 2.10. The van der Waals surface area contributed by atoms with Gasteiger partial charge in [-0.2, -0.15) is 0 Å². The quantitative estimate of drug-likeness (QED) is 0.758. The molecule has 0 aromatic carbocycles. The normalized spacial score (nSPS) is 28.7. The van der Waals surface area contributed by atoms with Crippen molar-refractivity contribution < 1.29 is 9.53 Å². The number of carbonyl (C=O) groups is 1. The summed E-state index contributed by atoms with van der Waals surface area (Å²) < 4.78 is 5.58. The number of rotatable bonds is 2. The summed E-state index contributed by atoms with van der Waals surface area (Å²) in [7, 11) is 0. The zero-order chi connectivity index (χ0) is 11.4. The van der Waals surface area contributed by atoms with Gasteiger partial charge in [0, 0.05) is 19.1 Å². The van der Waals surface area contributed by atoms with Crippen molar-refractivity contribution in [3.05, 3.63) is 0 Å². The van der Waals surface area contributed by atoms with Gasteiger partial charge < -0.3 is 15.0 Å². The second kappa shape index (κ2) is 5.35. The number of hydrogen-bond acceptors (Lipinski definition) is 2. The minimum absolute atomic E-state index is 0.0337. The van der Waals surface area contributed by atoms with Crippen LogP contribution in [0.2, 0.25) is 0 Å². The monoisotopic (exact) mass is 214 g/mol. The molecule has 0 bridgehead atoms. The molecule has 1 aliphatic heterocycles. The number of nitrogens with zero attached hydrogens (tertiary/aromatic N) is 1. The lowest BCUT2D eigenvalue weighted by atomic mass is 10.2. The van der Waals surface area contributed by atoms with Crippen LogP contribution in [0.3, 0.4) is 0 Å². The molecule has 0 radical (unpaired) electrons. The van der Waals surface area contributed by atoms with Crippen molar-refractivity contribution in [2.75, 3.05) is 13.1 Å². The van der Waals surface area contributed by atoms with Crippen LogP contribution in [-0.2, 0) is 4.74 Å². The fraction of sp³-hybridized carbons (Fsp3) is 0.909. The van der Waals surface area contributed by atoms with Crippen molar-refractivity contribution in [1.29, 1.82) is 0 Å². The lowest BCUT2D eigenvalue weighted by Gasteiger charge is -2.35. The first-order valence-corrected chi connectivity index (χ1v) is 5.73. The first kappa shape index (κ1) is 12.3. The average Bonchev–Trinajstić information content (AvgIpc) is 2.16. The van der Waals surface area contributed by atoms with E-state index in [0.717, 1.165) is 6.42 Å². The van der Waals surface area contributed by atoms with E-state index in [1.807, 2.05) is 25.7 Å². The third-order valence-electron chi connectivity index (χ3n) is 2.69. The van der Waals surface area contributed by atoms with Crippen molar-refractivity contribution in [2.24, 2.45) is 0 Å². The number of morpholine rings is 1. The molecule has 1 saturated heterocycles. The third kappa shape index (κ3) is 3.70. The summed E-state index contributed by atoms with van der Waals surface area (Å²) >= 11 is 0. The average molecular weight is 214 g/mol. The van der Waals surface area contributed by atoms with Gasteiger partial charge in [0.25, 0.3) is 0 Å². The highest BCUT2D eigenvalue weighted by atomic mass is 16.5. The summed E-state index contributed by atoms with van der Waals surface area (Å²) in [5.41, 5.74) is 0. The summed E-state index contributed by atoms with van der Waals surface area (Å²) in [5, 5.41) is 2.97. The van der Waals surface area contributed by atoms with E-state index < -0.39 is 0 Å². The molecule has 3 atom stereocenters. The fourth-order valence-electron chi connectivity index (χ4n) is 1.75. The maximum absolute atomic E-state index is 11.8. The molecular formula is C11H22N2O2. The van der Waals surface area contributed by atoms with E-state index in [9.17, 15) is 4.79 Å². The molecule has 1 heterocycles. The molecule has 0 aromatic rings. The maximum atomic E-state index is 11.8. The maximum Gasteiger partial charge on any atom is 0.317 e. The molecule has 4 heteroatoms. The first-order valence-electron chi connectivity index (χ1n) is 5.73. The van der Waals surface area contributed by atoms with Gasteiger partial charge in [-0.3, -0.25) is 0 Å². The molecule has 1 fully saturated rings. The van der Waals surface area contributed by atoms with Crippen molar-refractivity contribution in [3.8, 4) is 0 Å². The Morgan fingerprint density at radius 3 is 2.47 bits per heavy atom. The van der Waals surface area contributed by atoms with Crippen LogP contribution in [-0.4, -0.2) is 42.3 Å². The SMILES string of the molecule is CC[C@@H](C)NC(=O)N1C[C@@H](C)O[C@H](C)C1. The molecule has 15 heavy (non-hydrogen) atoms. The first-order chi connectivity index (χ1) is 7.02. The number of amides is 2. The molecule has 0 aromatic heterocycles. The van der Waals surface area contributed by atoms with Crippen molar-refractivity contribution in [2.45, 2.75) is 52.4 Å². The standard InChI is InChI=1S/C11H22N2O2/c1-5-8(2)12-11(14)13-6-9(3)15-10(4)7-13/h8-10H,5-7H2,1-4H3,(H,12,14)/t8-,9-,10-/m1/s1. The van der Waals surface area contributed by atoms with E-state index >= 15 is 0 Å². The number of urea groups is 1. The van der Waals surface area contributed by atoms with Gasteiger partial charge in [0.15, 0.2) is 0 Å². The summed E-state index contributed by atoms with van der Waals surface area (Å²) in [6.07, 6.45) is 1.23. The Morgan fingerprint density at radius 1 is 1.47 bits per heavy atom. The summed E-state index contributed by atoms with van der Waals surface area (Å²) in [6.45, 7) is 9.46. The minimum atomic E-state index is 0.0337. The van der Waals surface area contributed by atoms with E-state index in [1.165, 1.54) is 0 Å². The Hall–Kier alpha value is -0.770. The lowest BCUT2D eigenvalue weighted by Crippen LogP contribution is -2.53. The minimum Gasteiger partial charge on any atom is -0.372 e. The van der Waals surface area contributed by atoms with Crippen molar-refractivity contribution in [1.82, 2.24) is 10.2 Å². The Morgan fingerprint density at radius 2 is 2.00 bits per heavy atom. The van der Waals surface area contributed by atoms with Gasteiger partial charge in [-0.1, -0.05) is 6.92 Å². The topological polar surface area (TPSA) is 41.6 Å². The molecule has 2 amide bonds. The van der Waals surface area contributed by atoms with E-state index in [2.05, 4.69) is 12.2 Å². The fourth-order valence-corrected chi connectivity index (χ4v) is 1.75. The van der Waals surface area contributed by atoms with E-state index in [-0.39, 0.29) is 24.3 Å². The molecule has 88 valence electrons. The molecular weight excluding hydrogens is 192 g/mol. The zero-order valence-electron chi connectivity index (χ0n) is 10.1. The van der Waals surface area contributed by atoms with Crippen LogP contribution in [0.15, 0.2) is 0 Å². The second-order valence-corrected chi connectivity index (χ2v) is 4.42. The van der Waals surface area contributed by atoms with Gasteiger partial charge in [0.1, 0.15) is 0 Å². The molecule has 4 nitrogen and oxygen atoms in total. The second-order valence-electron chi connectivity index (χ2n) is 4.42. The Bertz CT molecular complexity index is 211. The van der Waals surface area contributed by atoms with E-state index in [1.54, 1.807) is 0 Å². The van der Waals surface area contributed by atoms with Crippen LogP contribution in [0.4, 0.5) is 4.79 Å². The molecule has 0 spiro atoms. The molecule has 1 aliphatic rings. The predicted octanol–water partition coefficient (Wildman–Crippen LogP) is 1.60. The Labute approximate surface area is 92.0 Å². The van der Waals surface area contributed by atoms with Gasteiger partial charge >= 0.3 is 6.03 Å². The number of carbonyl (C=O) groups excluding carboxylic acids is 1. The van der Waals surface area contributed by atoms with Crippen LogP contribution < -0.4 is 5.32 Å². The van der Waals surface area contributed by atoms with E-state index in [4.69, 9.17) is 4.74 Å². The number of nitrogens with one attached hydrogen (secondary N) is 1. The van der Waals surface area contributed by atoms with Crippen LogP contribution in [0.1, 0.15) is 34.1 Å². The molecule has 0 saturated carbocycles. The predicted molar refractivity (Wildman–Crippen MR) is 59.9 cm³/mol. The van der Waals surface area contributed by atoms with Gasteiger partial charge in [-0.05, 0) is 27.2 Å². The molecule has 0 aliphatic carbocycles. The number of ether oxygens (including phenoxy) is 1. The van der Waals surface area contributed by atoms with Crippen LogP contribution in [0.5, 0.6) is 0 Å². The smallest absolute Gasteiger partial charge is 0.317 e. The lowest BCUT2D eigenvalue weighted by molar-refractivity contribution is -0.0547. The zero-order valence-corrected chi connectivity index (χ0v) is 10.1. The van der Waals surface area contributed by atoms with Gasteiger partial charge in [0.2, 0.25) is 0 Å². The van der Waals surface area contributed by atoms with Crippen molar-refractivity contribution >= 4 is 6.03 Å². The largest absolute Gasteiger partial charge is 0.372 e. The Kier molecular flexibility index (Phi) is 4.39. The summed E-state index contributed by atoms with van der Waals surface area (Å²) in [4.78, 5) is 13.7. The van der Waals surface area contributed by atoms with Gasteiger partial charge in [0.05, 0.1) is 12.2 Å². The van der Waals surface area contributed by atoms with Gasteiger partial charge in [-0.15, -0.1) is 0 Å². The highest BCUT2D eigenvalue weighted by molar-refractivity contribution is 5.74. The molecule has 0 unspecified atom stereocenters. The van der Waals surface area contributed by atoms with E-state index in [0.29, 0.717) is 13.1 Å². The van der Waals surface area contributed by atoms with Crippen LogP contribution in [0, 0.1) is 0 Å². The number of hydrogen-bond donors (Lipinski definition) is 1. The van der Waals surface area contributed by atoms with Gasteiger partial charge in [-0.25, -0.2) is 4.79 Å². The van der Waals surface area contributed by atoms with Crippen LogP contribution >= 0.6 is 0 Å². The van der Waals surface area contributed by atoms with Crippen molar-refractivity contribution in [3.63, 3.8) is 0 Å². The highest BCUT2D eigenvalue weighted by Gasteiger charge is 2.26. The summed E-state index contributed by atoms with van der Waals surface area (Å²) in [5.74, 6) is 0. The van der Waals surface area contributed by atoms with Crippen LogP contribution in [0.25, 0.3) is 0 Å². The third-order valence-corrected chi connectivity index (χ3v) is 2.69. The Balaban J connectivity index is 2.44.